The van der Waals surface area contributed by atoms with Crippen LogP contribution in [-0.2, 0) is 0 Å². The van der Waals surface area contributed by atoms with E-state index in [4.69, 9.17) is 5.73 Å². The normalized spacial score (nSPS) is 20.5. The molecule has 0 aromatic heterocycles. The molecule has 0 spiro atoms. The van der Waals surface area contributed by atoms with Crippen molar-refractivity contribution in [3.05, 3.63) is 33.8 Å². The molecule has 0 heterocycles. The summed E-state index contributed by atoms with van der Waals surface area (Å²) in [5.41, 5.74) is 6.31. The predicted molar refractivity (Wildman–Crippen MR) is 67.6 cm³/mol. The first kappa shape index (κ1) is 13.0. The van der Waals surface area contributed by atoms with Crippen LogP contribution >= 0.6 is 15.9 Å². The van der Waals surface area contributed by atoms with Gasteiger partial charge in [0.15, 0.2) is 0 Å². The first-order valence-corrected chi connectivity index (χ1v) is 6.63. The van der Waals surface area contributed by atoms with Crippen molar-refractivity contribution >= 4 is 15.9 Å². The van der Waals surface area contributed by atoms with Gasteiger partial charge in [0.1, 0.15) is 11.6 Å². The van der Waals surface area contributed by atoms with Gasteiger partial charge in [-0.25, -0.2) is 8.78 Å². The van der Waals surface area contributed by atoms with Gasteiger partial charge in [-0.1, -0.05) is 19.8 Å². The summed E-state index contributed by atoms with van der Waals surface area (Å²) in [6, 6.07) is 1.93. The highest BCUT2D eigenvalue weighted by Crippen LogP contribution is 2.46. The molecule has 0 aliphatic heterocycles. The van der Waals surface area contributed by atoms with E-state index in [0.717, 1.165) is 31.7 Å². The Balaban J connectivity index is 2.36. The second-order valence-electron chi connectivity index (χ2n) is 5.13. The van der Waals surface area contributed by atoms with Gasteiger partial charge in [0.05, 0.1) is 4.47 Å². The van der Waals surface area contributed by atoms with E-state index in [-0.39, 0.29) is 15.5 Å². The van der Waals surface area contributed by atoms with E-state index in [1.807, 2.05) is 0 Å². The molecule has 1 saturated carbocycles. The van der Waals surface area contributed by atoms with Crippen LogP contribution in [-0.4, -0.2) is 0 Å². The zero-order valence-electron chi connectivity index (χ0n) is 9.77. The average Bonchev–Trinajstić information content (AvgIpc) is 2.71. The first-order valence-electron chi connectivity index (χ1n) is 5.84. The highest BCUT2D eigenvalue weighted by atomic mass is 79.9. The maximum atomic E-state index is 13.8. The Hall–Kier alpha value is -0.480. The molecule has 1 aromatic rings. The van der Waals surface area contributed by atoms with Gasteiger partial charge in [-0.05, 0) is 46.3 Å². The van der Waals surface area contributed by atoms with Crippen molar-refractivity contribution in [1.82, 2.24) is 0 Å². The fraction of sp³-hybridized carbons (Fsp3) is 0.538. The third kappa shape index (κ3) is 2.38. The van der Waals surface area contributed by atoms with Crippen LogP contribution in [0.4, 0.5) is 8.78 Å². The van der Waals surface area contributed by atoms with E-state index in [0.29, 0.717) is 0 Å². The second kappa shape index (κ2) is 4.65. The first-order chi connectivity index (χ1) is 7.94. The monoisotopic (exact) mass is 303 g/mol. The van der Waals surface area contributed by atoms with Gasteiger partial charge < -0.3 is 5.73 Å². The molecule has 2 rings (SSSR count). The predicted octanol–water partition coefficient (Wildman–Crippen LogP) is 4.31. The molecule has 2 N–H and O–H groups in total. The lowest BCUT2D eigenvalue weighted by atomic mass is 9.77. The Labute approximate surface area is 109 Å². The van der Waals surface area contributed by atoms with Crippen molar-refractivity contribution in [2.75, 3.05) is 0 Å². The molecule has 1 nitrogen and oxygen atoms in total. The Kier molecular flexibility index (Phi) is 3.55. The third-order valence-electron chi connectivity index (χ3n) is 3.87. The molecule has 4 heteroatoms. The molecule has 94 valence electrons. The van der Waals surface area contributed by atoms with E-state index >= 15 is 0 Å². The molecule has 0 radical (unpaired) electrons. The number of nitrogens with two attached hydrogens (primary N) is 1. The standard InChI is InChI=1S/C13H16BrF2N/c1-13(4-2-3-5-13)12(17)8-6-11(16)9(14)7-10(8)15/h6-7,12H,2-5,17H2,1H3. The zero-order valence-corrected chi connectivity index (χ0v) is 11.4. The van der Waals surface area contributed by atoms with Crippen LogP contribution in [0.5, 0.6) is 0 Å². The third-order valence-corrected chi connectivity index (χ3v) is 4.48. The number of hydrogen-bond acceptors (Lipinski definition) is 1. The molecule has 1 aliphatic rings. The van der Waals surface area contributed by atoms with Crippen molar-refractivity contribution in [2.45, 2.75) is 38.6 Å². The van der Waals surface area contributed by atoms with E-state index in [1.165, 1.54) is 6.07 Å². The van der Waals surface area contributed by atoms with Crippen molar-refractivity contribution in [2.24, 2.45) is 11.1 Å². The molecule has 0 saturated heterocycles. The highest BCUT2D eigenvalue weighted by molar-refractivity contribution is 9.10. The van der Waals surface area contributed by atoms with Gasteiger partial charge in [0, 0.05) is 11.6 Å². The van der Waals surface area contributed by atoms with Crippen molar-refractivity contribution < 1.29 is 8.78 Å². The number of benzene rings is 1. The summed E-state index contributed by atoms with van der Waals surface area (Å²) < 4.78 is 27.4. The quantitative estimate of drug-likeness (QED) is 0.810. The van der Waals surface area contributed by atoms with Crippen LogP contribution in [0.3, 0.4) is 0 Å². The van der Waals surface area contributed by atoms with E-state index in [2.05, 4.69) is 22.9 Å². The lowest BCUT2D eigenvalue weighted by Gasteiger charge is -2.31. The van der Waals surface area contributed by atoms with Crippen LogP contribution in [0, 0.1) is 17.0 Å². The fourth-order valence-electron chi connectivity index (χ4n) is 2.65. The van der Waals surface area contributed by atoms with Crippen LogP contribution < -0.4 is 5.73 Å². The minimum atomic E-state index is -0.460. The minimum absolute atomic E-state index is 0.110. The van der Waals surface area contributed by atoms with Gasteiger partial charge in [-0.15, -0.1) is 0 Å². The highest BCUT2D eigenvalue weighted by Gasteiger charge is 2.37. The maximum absolute atomic E-state index is 13.8. The van der Waals surface area contributed by atoms with Crippen molar-refractivity contribution in [1.29, 1.82) is 0 Å². The van der Waals surface area contributed by atoms with Crippen LogP contribution in [0.2, 0.25) is 0 Å². The molecule has 0 amide bonds. The molecular formula is C13H16BrF2N. The molecule has 17 heavy (non-hydrogen) atoms. The van der Waals surface area contributed by atoms with Crippen LogP contribution in [0.15, 0.2) is 16.6 Å². The summed E-state index contributed by atoms with van der Waals surface area (Å²) in [6.45, 7) is 2.06. The van der Waals surface area contributed by atoms with Crippen molar-refractivity contribution in [3.63, 3.8) is 0 Å². The number of halogens is 3. The summed E-state index contributed by atoms with van der Waals surface area (Å²) in [4.78, 5) is 0. The smallest absolute Gasteiger partial charge is 0.137 e. The van der Waals surface area contributed by atoms with Crippen LogP contribution in [0.25, 0.3) is 0 Å². The fourth-order valence-corrected chi connectivity index (χ4v) is 2.96. The average molecular weight is 304 g/mol. The van der Waals surface area contributed by atoms with E-state index < -0.39 is 17.7 Å². The Morgan fingerprint density at radius 3 is 2.41 bits per heavy atom. The van der Waals surface area contributed by atoms with Crippen LogP contribution in [0.1, 0.15) is 44.2 Å². The largest absolute Gasteiger partial charge is 0.323 e. The van der Waals surface area contributed by atoms with Gasteiger partial charge in [-0.3, -0.25) is 0 Å². The van der Waals surface area contributed by atoms with Gasteiger partial charge >= 0.3 is 0 Å². The Bertz CT molecular complexity index is 428. The zero-order chi connectivity index (χ0) is 12.6. The SMILES string of the molecule is CC1(C(N)c2cc(F)c(Br)cc2F)CCCC1. The van der Waals surface area contributed by atoms with Gasteiger partial charge in [-0.2, -0.15) is 0 Å². The van der Waals surface area contributed by atoms with Crippen molar-refractivity contribution in [3.8, 4) is 0 Å². The molecule has 1 unspecified atom stereocenters. The molecule has 1 fully saturated rings. The summed E-state index contributed by atoms with van der Waals surface area (Å²) in [5.74, 6) is -0.891. The van der Waals surface area contributed by atoms with E-state index in [1.54, 1.807) is 0 Å². The summed E-state index contributed by atoms with van der Waals surface area (Å²) in [6.07, 6.45) is 4.19. The Morgan fingerprint density at radius 2 is 1.82 bits per heavy atom. The minimum Gasteiger partial charge on any atom is -0.323 e. The maximum Gasteiger partial charge on any atom is 0.137 e. The van der Waals surface area contributed by atoms with Gasteiger partial charge in [0.2, 0.25) is 0 Å². The molecular weight excluding hydrogens is 288 g/mol. The molecule has 1 aliphatic carbocycles. The van der Waals surface area contributed by atoms with Gasteiger partial charge in [0.25, 0.3) is 0 Å². The Morgan fingerprint density at radius 1 is 1.24 bits per heavy atom. The number of hydrogen-bond donors (Lipinski definition) is 1. The second-order valence-corrected chi connectivity index (χ2v) is 5.98. The molecule has 0 bridgehead atoms. The topological polar surface area (TPSA) is 26.0 Å². The summed E-state index contributed by atoms with van der Waals surface area (Å²) in [7, 11) is 0. The lowest BCUT2D eigenvalue weighted by Crippen LogP contribution is -2.30. The summed E-state index contributed by atoms with van der Waals surface area (Å²) >= 11 is 2.97. The van der Waals surface area contributed by atoms with E-state index in [9.17, 15) is 8.78 Å². The number of rotatable bonds is 2. The lowest BCUT2D eigenvalue weighted by molar-refractivity contribution is 0.259. The summed E-state index contributed by atoms with van der Waals surface area (Å²) in [5, 5.41) is 0. The molecule has 1 atom stereocenters. The molecule has 1 aromatic carbocycles.